The zero-order valence-electron chi connectivity index (χ0n) is 10.6. The molecular formula is C14H22N2. The van der Waals surface area contributed by atoms with Gasteiger partial charge in [-0.25, -0.2) is 0 Å². The summed E-state index contributed by atoms with van der Waals surface area (Å²) in [6, 6.07) is 2.81. The summed E-state index contributed by atoms with van der Waals surface area (Å²) in [7, 11) is 0. The van der Waals surface area contributed by atoms with Crippen LogP contribution in [0.2, 0.25) is 0 Å². The van der Waals surface area contributed by atoms with Crippen LogP contribution in [0, 0.1) is 12.3 Å². The van der Waals surface area contributed by atoms with Gasteiger partial charge in [0.05, 0.1) is 0 Å². The summed E-state index contributed by atoms with van der Waals surface area (Å²) in [5.41, 5.74) is 3.19. The number of hydrogen-bond donors (Lipinski definition) is 1. The largest absolute Gasteiger partial charge is 0.310 e. The Morgan fingerprint density at radius 2 is 2.31 bits per heavy atom. The van der Waals surface area contributed by atoms with Crippen molar-refractivity contribution in [3.8, 4) is 0 Å². The lowest BCUT2D eigenvalue weighted by molar-refractivity contribution is 0.364. The quantitative estimate of drug-likeness (QED) is 0.843. The van der Waals surface area contributed by atoms with Gasteiger partial charge >= 0.3 is 0 Å². The summed E-state index contributed by atoms with van der Waals surface area (Å²) in [5, 5.41) is 3.67. The first kappa shape index (κ1) is 11.6. The summed E-state index contributed by atoms with van der Waals surface area (Å²) in [6.07, 6.45) is 7.78. The van der Waals surface area contributed by atoms with Crippen LogP contribution in [0.1, 0.15) is 44.2 Å². The summed E-state index contributed by atoms with van der Waals surface area (Å²) in [5.74, 6) is 0. The molecule has 1 aliphatic rings. The predicted molar refractivity (Wildman–Crippen MR) is 67.2 cm³/mol. The number of aromatic nitrogens is 1. The number of nitrogens with one attached hydrogen (secondary N) is 1. The van der Waals surface area contributed by atoms with E-state index in [2.05, 4.69) is 37.1 Å². The minimum atomic E-state index is 0.533. The maximum absolute atomic E-state index is 4.12. The van der Waals surface area contributed by atoms with Crippen molar-refractivity contribution >= 4 is 0 Å². The van der Waals surface area contributed by atoms with Crippen LogP contribution in [-0.2, 0) is 6.54 Å². The molecule has 0 bridgehead atoms. The summed E-state index contributed by atoms with van der Waals surface area (Å²) in [4.78, 5) is 4.12. The molecule has 1 atom stereocenters. The molecule has 0 aliphatic heterocycles. The van der Waals surface area contributed by atoms with Gasteiger partial charge in [-0.15, -0.1) is 0 Å². The summed E-state index contributed by atoms with van der Waals surface area (Å²) in [6.45, 7) is 7.84. The lowest BCUT2D eigenvalue weighted by Crippen LogP contribution is -2.27. The molecule has 2 heteroatoms. The molecule has 1 N–H and O–H groups in total. The van der Waals surface area contributed by atoms with Gasteiger partial charge in [0.25, 0.3) is 0 Å². The SMILES string of the molecule is Cc1cnccc1CNC1CCC(C)(C)C1. The molecule has 1 heterocycles. The Labute approximate surface area is 98.5 Å². The Kier molecular flexibility index (Phi) is 3.29. The van der Waals surface area contributed by atoms with Crippen molar-refractivity contribution in [2.75, 3.05) is 0 Å². The minimum absolute atomic E-state index is 0.533. The number of nitrogens with zero attached hydrogens (tertiary/aromatic N) is 1. The highest BCUT2D eigenvalue weighted by atomic mass is 14.9. The lowest BCUT2D eigenvalue weighted by atomic mass is 9.92. The zero-order chi connectivity index (χ0) is 11.6. The van der Waals surface area contributed by atoms with Crippen LogP contribution in [0.3, 0.4) is 0 Å². The van der Waals surface area contributed by atoms with E-state index in [0.717, 1.165) is 6.54 Å². The maximum atomic E-state index is 4.12. The second-order valence-electron chi connectivity index (χ2n) is 5.79. The average molecular weight is 218 g/mol. The fraction of sp³-hybridized carbons (Fsp3) is 0.643. The van der Waals surface area contributed by atoms with E-state index in [4.69, 9.17) is 0 Å². The normalized spacial score (nSPS) is 23.6. The van der Waals surface area contributed by atoms with Crippen molar-refractivity contribution < 1.29 is 0 Å². The van der Waals surface area contributed by atoms with Crippen molar-refractivity contribution in [1.82, 2.24) is 10.3 Å². The van der Waals surface area contributed by atoms with Crippen molar-refractivity contribution in [2.45, 2.75) is 52.6 Å². The van der Waals surface area contributed by atoms with E-state index in [-0.39, 0.29) is 0 Å². The number of hydrogen-bond acceptors (Lipinski definition) is 2. The Hall–Kier alpha value is -0.890. The molecule has 0 radical (unpaired) electrons. The van der Waals surface area contributed by atoms with Crippen LogP contribution in [0.15, 0.2) is 18.5 Å². The number of aryl methyl sites for hydroxylation is 1. The minimum Gasteiger partial charge on any atom is -0.310 e. The molecule has 0 aromatic carbocycles. The van der Waals surface area contributed by atoms with Gasteiger partial charge < -0.3 is 5.32 Å². The smallest absolute Gasteiger partial charge is 0.0300 e. The van der Waals surface area contributed by atoms with E-state index >= 15 is 0 Å². The molecule has 2 rings (SSSR count). The molecule has 0 amide bonds. The average Bonchev–Trinajstić information content (AvgIpc) is 2.57. The molecule has 16 heavy (non-hydrogen) atoms. The molecule has 1 unspecified atom stereocenters. The van der Waals surface area contributed by atoms with Crippen LogP contribution in [0.4, 0.5) is 0 Å². The molecule has 1 aromatic heterocycles. The molecule has 88 valence electrons. The van der Waals surface area contributed by atoms with Gasteiger partial charge in [0.15, 0.2) is 0 Å². The molecular weight excluding hydrogens is 196 g/mol. The Bertz CT molecular complexity index is 358. The first-order valence-electron chi connectivity index (χ1n) is 6.20. The fourth-order valence-corrected chi connectivity index (χ4v) is 2.57. The molecule has 2 nitrogen and oxygen atoms in total. The second-order valence-corrected chi connectivity index (χ2v) is 5.79. The zero-order valence-corrected chi connectivity index (χ0v) is 10.6. The second kappa shape index (κ2) is 4.54. The predicted octanol–water partition coefficient (Wildman–Crippen LogP) is 3.06. The first-order valence-corrected chi connectivity index (χ1v) is 6.20. The van der Waals surface area contributed by atoms with Crippen LogP contribution >= 0.6 is 0 Å². The van der Waals surface area contributed by atoms with Gasteiger partial charge in [-0.3, -0.25) is 4.98 Å². The highest BCUT2D eigenvalue weighted by Crippen LogP contribution is 2.36. The third-order valence-corrected chi connectivity index (χ3v) is 3.69. The van der Waals surface area contributed by atoms with E-state index in [1.54, 1.807) is 0 Å². The van der Waals surface area contributed by atoms with Crippen LogP contribution in [-0.4, -0.2) is 11.0 Å². The van der Waals surface area contributed by atoms with E-state index in [1.165, 1.54) is 30.4 Å². The van der Waals surface area contributed by atoms with Gasteiger partial charge in [-0.05, 0) is 48.8 Å². The third kappa shape index (κ3) is 2.82. The summed E-state index contributed by atoms with van der Waals surface area (Å²) >= 11 is 0. The standard InChI is InChI=1S/C14H22N2/c1-11-9-15-7-5-12(11)10-16-13-4-6-14(2,3)8-13/h5,7,9,13,16H,4,6,8,10H2,1-3H3. The van der Waals surface area contributed by atoms with Crippen molar-refractivity contribution in [3.63, 3.8) is 0 Å². The highest BCUT2D eigenvalue weighted by Gasteiger charge is 2.30. The van der Waals surface area contributed by atoms with Gasteiger partial charge in [0.1, 0.15) is 0 Å². The molecule has 0 spiro atoms. The van der Waals surface area contributed by atoms with Crippen LogP contribution < -0.4 is 5.32 Å². The maximum Gasteiger partial charge on any atom is 0.0300 e. The topological polar surface area (TPSA) is 24.9 Å². The molecule has 1 fully saturated rings. The summed E-state index contributed by atoms with van der Waals surface area (Å²) < 4.78 is 0. The van der Waals surface area contributed by atoms with Crippen molar-refractivity contribution in [3.05, 3.63) is 29.6 Å². The lowest BCUT2D eigenvalue weighted by Gasteiger charge is -2.18. The van der Waals surface area contributed by atoms with Gasteiger partial charge in [0, 0.05) is 25.0 Å². The van der Waals surface area contributed by atoms with Crippen LogP contribution in [0.25, 0.3) is 0 Å². The molecule has 1 aromatic rings. The third-order valence-electron chi connectivity index (χ3n) is 3.69. The van der Waals surface area contributed by atoms with E-state index in [0.29, 0.717) is 11.5 Å². The van der Waals surface area contributed by atoms with Gasteiger partial charge in [-0.2, -0.15) is 0 Å². The Balaban J connectivity index is 1.87. The first-order chi connectivity index (χ1) is 7.57. The van der Waals surface area contributed by atoms with Gasteiger partial charge in [0.2, 0.25) is 0 Å². The van der Waals surface area contributed by atoms with Crippen molar-refractivity contribution in [2.24, 2.45) is 5.41 Å². The van der Waals surface area contributed by atoms with E-state index in [9.17, 15) is 0 Å². The highest BCUT2D eigenvalue weighted by molar-refractivity contribution is 5.21. The monoisotopic (exact) mass is 218 g/mol. The van der Waals surface area contributed by atoms with Crippen LogP contribution in [0.5, 0.6) is 0 Å². The number of rotatable bonds is 3. The molecule has 1 aliphatic carbocycles. The Morgan fingerprint density at radius 3 is 2.94 bits per heavy atom. The van der Waals surface area contributed by atoms with Crippen molar-refractivity contribution in [1.29, 1.82) is 0 Å². The van der Waals surface area contributed by atoms with E-state index < -0.39 is 0 Å². The Morgan fingerprint density at radius 1 is 1.50 bits per heavy atom. The molecule has 1 saturated carbocycles. The van der Waals surface area contributed by atoms with Gasteiger partial charge in [-0.1, -0.05) is 13.8 Å². The molecule has 0 saturated heterocycles. The number of pyridine rings is 1. The fourth-order valence-electron chi connectivity index (χ4n) is 2.57. The van der Waals surface area contributed by atoms with E-state index in [1.807, 2.05) is 12.4 Å².